The molecule has 0 atom stereocenters. The first-order chi connectivity index (χ1) is 8.32. The van der Waals surface area contributed by atoms with E-state index < -0.39 is 5.91 Å². The Bertz CT molecular complexity index is 475. The van der Waals surface area contributed by atoms with Gasteiger partial charge in [0.2, 0.25) is 5.91 Å². The van der Waals surface area contributed by atoms with Crippen LogP contribution in [0.2, 0.25) is 0 Å². The summed E-state index contributed by atoms with van der Waals surface area (Å²) in [5.74, 6) is -0.750. The number of primary amides is 1. The van der Waals surface area contributed by atoms with Gasteiger partial charge in [-0.3, -0.25) is 9.59 Å². The smallest absolute Gasteiger partial charge is 0.255 e. The number of hydrogen-bond donors (Lipinski definition) is 1. The van der Waals surface area contributed by atoms with Crippen LogP contribution in [-0.4, -0.2) is 29.3 Å². The van der Waals surface area contributed by atoms with Crippen LogP contribution in [0.25, 0.3) is 0 Å². The quantitative estimate of drug-likeness (QED) is 0.876. The molecular formula is C12H14Br2N2O2. The fourth-order valence-corrected chi connectivity index (χ4v) is 2.25. The van der Waals surface area contributed by atoms with Gasteiger partial charge in [0.25, 0.3) is 5.91 Å². The van der Waals surface area contributed by atoms with Gasteiger partial charge in [0.15, 0.2) is 0 Å². The molecule has 1 aromatic carbocycles. The first-order valence-corrected chi connectivity index (χ1v) is 6.96. The van der Waals surface area contributed by atoms with Crippen molar-refractivity contribution < 1.29 is 9.59 Å². The maximum atomic E-state index is 12.4. The van der Waals surface area contributed by atoms with Crippen molar-refractivity contribution in [3.05, 3.63) is 32.7 Å². The third kappa shape index (κ3) is 3.81. The molecule has 0 saturated heterocycles. The van der Waals surface area contributed by atoms with Gasteiger partial charge in [-0.25, -0.2) is 0 Å². The molecule has 1 aromatic rings. The van der Waals surface area contributed by atoms with Crippen LogP contribution < -0.4 is 5.73 Å². The summed E-state index contributed by atoms with van der Waals surface area (Å²) in [4.78, 5) is 24.8. The average Bonchev–Trinajstić information content (AvgIpc) is 2.27. The van der Waals surface area contributed by atoms with E-state index in [4.69, 9.17) is 5.73 Å². The maximum Gasteiger partial charge on any atom is 0.255 e. The van der Waals surface area contributed by atoms with Crippen LogP contribution in [0, 0.1) is 0 Å². The largest absolute Gasteiger partial charge is 0.368 e. The maximum absolute atomic E-state index is 12.4. The molecule has 2 N–H and O–H groups in total. The molecule has 4 nitrogen and oxygen atoms in total. The van der Waals surface area contributed by atoms with E-state index in [0.717, 1.165) is 4.47 Å². The molecule has 2 amide bonds. The van der Waals surface area contributed by atoms with E-state index in [1.165, 1.54) is 4.90 Å². The Morgan fingerprint density at radius 2 is 1.94 bits per heavy atom. The second-order valence-corrected chi connectivity index (χ2v) is 5.89. The number of nitrogens with two attached hydrogens (primary N) is 1. The minimum absolute atomic E-state index is 0.0878. The summed E-state index contributed by atoms with van der Waals surface area (Å²) in [5, 5.41) is 0. The van der Waals surface area contributed by atoms with E-state index in [2.05, 4.69) is 31.9 Å². The molecule has 0 radical (unpaired) electrons. The summed E-state index contributed by atoms with van der Waals surface area (Å²) in [6.07, 6.45) is 0. The van der Waals surface area contributed by atoms with Crippen LogP contribution in [0.15, 0.2) is 27.1 Å². The molecule has 0 aliphatic rings. The lowest BCUT2D eigenvalue weighted by atomic mass is 10.1. The van der Waals surface area contributed by atoms with Crippen LogP contribution in [0.4, 0.5) is 0 Å². The van der Waals surface area contributed by atoms with Crippen molar-refractivity contribution in [2.24, 2.45) is 5.73 Å². The summed E-state index contributed by atoms with van der Waals surface area (Å²) in [5.41, 5.74) is 5.66. The fraction of sp³-hybridized carbons (Fsp3) is 0.333. The number of carbonyl (C=O) groups is 2. The van der Waals surface area contributed by atoms with Gasteiger partial charge in [-0.05, 0) is 48.0 Å². The van der Waals surface area contributed by atoms with Crippen molar-refractivity contribution in [2.45, 2.75) is 19.9 Å². The molecule has 0 unspecified atom stereocenters. The van der Waals surface area contributed by atoms with E-state index in [1.807, 2.05) is 19.9 Å². The van der Waals surface area contributed by atoms with Gasteiger partial charge in [-0.2, -0.15) is 0 Å². The van der Waals surface area contributed by atoms with Gasteiger partial charge in [0, 0.05) is 15.0 Å². The summed E-state index contributed by atoms with van der Waals surface area (Å²) in [6.45, 7) is 3.59. The predicted molar refractivity (Wildman–Crippen MR) is 77.2 cm³/mol. The number of halogens is 2. The Balaban J connectivity index is 3.09. The molecular weight excluding hydrogens is 364 g/mol. The van der Waals surface area contributed by atoms with E-state index in [0.29, 0.717) is 10.0 Å². The normalized spacial score (nSPS) is 10.5. The van der Waals surface area contributed by atoms with Crippen molar-refractivity contribution in [2.75, 3.05) is 6.54 Å². The highest BCUT2D eigenvalue weighted by Crippen LogP contribution is 2.23. The molecule has 0 aliphatic heterocycles. The molecule has 0 heterocycles. The van der Waals surface area contributed by atoms with Crippen molar-refractivity contribution in [3.8, 4) is 0 Å². The van der Waals surface area contributed by atoms with E-state index in [9.17, 15) is 9.59 Å². The molecule has 0 saturated carbocycles. The molecule has 18 heavy (non-hydrogen) atoms. The molecule has 0 bridgehead atoms. The van der Waals surface area contributed by atoms with Crippen LogP contribution >= 0.6 is 31.9 Å². The lowest BCUT2D eigenvalue weighted by Crippen LogP contribution is -2.42. The summed E-state index contributed by atoms with van der Waals surface area (Å²) in [6, 6.07) is 5.22. The van der Waals surface area contributed by atoms with Gasteiger partial charge in [0.05, 0.1) is 12.1 Å². The molecule has 6 heteroatoms. The Labute approximate surface area is 123 Å². The molecule has 0 aromatic heterocycles. The Morgan fingerprint density at radius 3 is 2.44 bits per heavy atom. The van der Waals surface area contributed by atoms with Gasteiger partial charge < -0.3 is 10.6 Å². The van der Waals surface area contributed by atoms with Crippen LogP contribution in [0.5, 0.6) is 0 Å². The third-order valence-corrected chi connectivity index (χ3v) is 3.55. The van der Waals surface area contributed by atoms with E-state index >= 15 is 0 Å². The van der Waals surface area contributed by atoms with Gasteiger partial charge in [-0.1, -0.05) is 15.9 Å². The minimum atomic E-state index is -0.525. The Kier molecular flexibility index (Phi) is 5.34. The van der Waals surface area contributed by atoms with Crippen molar-refractivity contribution in [1.82, 2.24) is 4.90 Å². The highest BCUT2D eigenvalue weighted by molar-refractivity contribution is 9.11. The number of hydrogen-bond acceptors (Lipinski definition) is 2. The number of benzene rings is 1. The summed E-state index contributed by atoms with van der Waals surface area (Å²) < 4.78 is 1.49. The van der Waals surface area contributed by atoms with Crippen molar-refractivity contribution in [3.63, 3.8) is 0 Å². The van der Waals surface area contributed by atoms with Crippen LogP contribution in [-0.2, 0) is 4.79 Å². The van der Waals surface area contributed by atoms with Gasteiger partial charge >= 0.3 is 0 Å². The third-order valence-electron chi connectivity index (χ3n) is 2.37. The predicted octanol–water partition coefficient (Wildman–Crippen LogP) is 2.55. The SMILES string of the molecule is CC(C)N(CC(N)=O)C(=O)c1cc(Br)ccc1Br. The van der Waals surface area contributed by atoms with Crippen LogP contribution in [0.1, 0.15) is 24.2 Å². The highest BCUT2D eigenvalue weighted by atomic mass is 79.9. The second-order valence-electron chi connectivity index (χ2n) is 4.12. The first kappa shape index (κ1) is 15.2. The van der Waals surface area contributed by atoms with Gasteiger partial charge in [0.1, 0.15) is 0 Å². The van der Waals surface area contributed by atoms with Gasteiger partial charge in [-0.15, -0.1) is 0 Å². The molecule has 0 spiro atoms. The topological polar surface area (TPSA) is 63.4 Å². The lowest BCUT2D eigenvalue weighted by Gasteiger charge is -2.25. The first-order valence-electron chi connectivity index (χ1n) is 5.37. The lowest BCUT2D eigenvalue weighted by molar-refractivity contribution is -0.119. The Morgan fingerprint density at radius 1 is 1.33 bits per heavy atom. The minimum Gasteiger partial charge on any atom is -0.368 e. The standard InChI is InChI=1S/C12H14Br2N2O2/c1-7(2)16(6-11(15)17)12(18)9-5-8(13)3-4-10(9)14/h3-5,7H,6H2,1-2H3,(H2,15,17). The average molecular weight is 378 g/mol. The van der Waals surface area contributed by atoms with Crippen LogP contribution in [0.3, 0.4) is 0 Å². The number of amides is 2. The van der Waals surface area contributed by atoms with E-state index in [-0.39, 0.29) is 18.5 Å². The summed E-state index contributed by atoms with van der Waals surface area (Å²) in [7, 11) is 0. The second kappa shape index (κ2) is 6.33. The monoisotopic (exact) mass is 376 g/mol. The number of nitrogens with zero attached hydrogens (tertiary/aromatic N) is 1. The fourth-order valence-electron chi connectivity index (χ4n) is 1.47. The zero-order chi connectivity index (χ0) is 13.9. The zero-order valence-electron chi connectivity index (χ0n) is 10.1. The molecule has 0 aliphatic carbocycles. The number of carbonyl (C=O) groups excluding carboxylic acids is 2. The van der Waals surface area contributed by atoms with Crippen molar-refractivity contribution >= 4 is 43.7 Å². The molecule has 1 rings (SSSR count). The Hall–Kier alpha value is -0.880. The zero-order valence-corrected chi connectivity index (χ0v) is 13.3. The highest BCUT2D eigenvalue weighted by Gasteiger charge is 2.22. The van der Waals surface area contributed by atoms with Crippen molar-refractivity contribution in [1.29, 1.82) is 0 Å². The molecule has 0 fully saturated rings. The summed E-state index contributed by atoms with van der Waals surface area (Å²) >= 11 is 6.65. The van der Waals surface area contributed by atoms with E-state index in [1.54, 1.807) is 12.1 Å². The molecule has 98 valence electrons. The number of rotatable bonds is 4.